The molecule has 0 spiro atoms. The highest BCUT2D eigenvalue weighted by Gasteiger charge is 2.30. The first kappa shape index (κ1) is 22.8. The van der Waals surface area contributed by atoms with Crippen molar-refractivity contribution in [2.45, 2.75) is 25.8 Å². The molecule has 1 nitrogen and oxygen atoms in total. The van der Waals surface area contributed by atoms with Crippen LogP contribution in [0.3, 0.4) is 0 Å². The summed E-state index contributed by atoms with van der Waals surface area (Å²) < 4.78 is 41.6. The quantitative estimate of drug-likeness (QED) is 0.177. The molecule has 168 valence electrons. The molecular formula is C27H24BF4N. The van der Waals surface area contributed by atoms with E-state index in [9.17, 15) is 17.3 Å². The van der Waals surface area contributed by atoms with Crippen LogP contribution in [0.2, 0.25) is 0 Å². The Morgan fingerprint density at radius 1 is 0.667 bits per heavy atom. The van der Waals surface area contributed by atoms with Crippen molar-refractivity contribution in [2.75, 3.05) is 0 Å². The fourth-order valence-corrected chi connectivity index (χ4v) is 4.43. The first-order valence-corrected chi connectivity index (χ1v) is 11.0. The van der Waals surface area contributed by atoms with Crippen LogP contribution in [0.15, 0.2) is 97.1 Å². The van der Waals surface area contributed by atoms with Crippen LogP contribution in [0.1, 0.15) is 23.2 Å². The van der Waals surface area contributed by atoms with Gasteiger partial charge in [0.2, 0.25) is 5.69 Å². The van der Waals surface area contributed by atoms with Crippen molar-refractivity contribution < 1.29 is 21.8 Å². The summed E-state index contributed by atoms with van der Waals surface area (Å²) in [6, 6.07) is 34.9. The second-order valence-electron chi connectivity index (χ2n) is 8.02. The Bertz CT molecular complexity index is 1190. The number of fused-ring (bicyclic) bond motifs is 1. The van der Waals surface area contributed by atoms with Gasteiger partial charge in [0.1, 0.15) is 0 Å². The minimum absolute atomic E-state index is 0.919. The first-order chi connectivity index (χ1) is 15.9. The van der Waals surface area contributed by atoms with Gasteiger partial charge in [-0.3, -0.25) is 0 Å². The molecule has 0 fully saturated rings. The second-order valence-corrected chi connectivity index (χ2v) is 8.02. The van der Waals surface area contributed by atoms with Gasteiger partial charge >= 0.3 is 7.25 Å². The van der Waals surface area contributed by atoms with Crippen LogP contribution < -0.4 is 4.57 Å². The zero-order valence-electron chi connectivity index (χ0n) is 18.1. The number of nitrogens with zero attached hydrogens (tertiary/aromatic N) is 1. The lowest BCUT2D eigenvalue weighted by Gasteiger charge is -2.14. The topological polar surface area (TPSA) is 3.88 Å². The van der Waals surface area contributed by atoms with Crippen molar-refractivity contribution in [1.82, 2.24) is 0 Å². The van der Waals surface area contributed by atoms with Crippen LogP contribution in [0.5, 0.6) is 0 Å². The molecule has 3 aromatic carbocycles. The normalized spacial score (nSPS) is 12.6. The molecule has 0 aliphatic heterocycles. The molecule has 0 saturated carbocycles. The highest BCUT2D eigenvalue weighted by molar-refractivity contribution is 6.50. The minimum Gasteiger partial charge on any atom is -0.418 e. The average Bonchev–Trinajstić information content (AvgIpc) is 3.30. The SMILES string of the molecule is F[B-](F)(F)F.c1ccc(C[n+]2c(-c3ccccc3)cc(-c3ccccc3)c3c2CCC3)cc1. The van der Waals surface area contributed by atoms with Crippen LogP contribution in [0, 0.1) is 0 Å². The maximum Gasteiger partial charge on any atom is 0.673 e. The van der Waals surface area contributed by atoms with Gasteiger partial charge in [-0.05, 0) is 36.1 Å². The van der Waals surface area contributed by atoms with Crippen molar-refractivity contribution in [2.24, 2.45) is 0 Å². The Labute approximate surface area is 191 Å². The summed E-state index contributed by atoms with van der Waals surface area (Å²) in [6.45, 7) is 0.919. The van der Waals surface area contributed by atoms with Crippen molar-refractivity contribution in [1.29, 1.82) is 0 Å². The van der Waals surface area contributed by atoms with E-state index in [0.29, 0.717) is 0 Å². The molecule has 1 aliphatic carbocycles. The molecule has 0 bridgehead atoms. The molecule has 0 amide bonds. The van der Waals surface area contributed by atoms with Crippen LogP contribution in [-0.2, 0) is 19.4 Å². The maximum atomic E-state index is 9.75. The fraction of sp³-hybridized carbons (Fsp3) is 0.148. The van der Waals surface area contributed by atoms with Gasteiger partial charge in [-0.15, -0.1) is 0 Å². The summed E-state index contributed by atoms with van der Waals surface area (Å²) in [4.78, 5) is 0. The first-order valence-electron chi connectivity index (χ1n) is 11.0. The molecule has 6 heteroatoms. The molecule has 4 aromatic rings. The lowest BCUT2D eigenvalue weighted by molar-refractivity contribution is -0.684. The van der Waals surface area contributed by atoms with Gasteiger partial charge < -0.3 is 17.3 Å². The Kier molecular flexibility index (Phi) is 6.92. The predicted octanol–water partition coefficient (Wildman–Crippen LogP) is 7.15. The molecule has 0 unspecified atom stereocenters. The number of halogens is 4. The Morgan fingerprint density at radius 3 is 1.76 bits per heavy atom. The fourth-order valence-electron chi connectivity index (χ4n) is 4.43. The predicted molar refractivity (Wildman–Crippen MR) is 125 cm³/mol. The van der Waals surface area contributed by atoms with Crippen molar-refractivity contribution >= 4 is 7.25 Å². The van der Waals surface area contributed by atoms with Gasteiger partial charge in [0.25, 0.3) is 0 Å². The van der Waals surface area contributed by atoms with Crippen molar-refractivity contribution in [3.05, 3.63) is 114 Å². The molecule has 0 saturated heterocycles. The molecule has 1 aliphatic rings. The third-order valence-electron chi connectivity index (χ3n) is 5.75. The molecule has 33 heavy (non-hydrogen) atoms. The van der Waals surface area contributed by atoms with E-state index in [1.807, 2.05) is 0 Å². The maximum absolute atomic E-state index is 9.75. The number of hydrogen-bond donors (Lipinski definition) is 0. The summed E-state index contributed by atoms with van der Waals surface area (Å²) in [7, 11) is -6.00. The summed E-state index contributed by atoms with van der Waals surface area (Å²) in [5.41, 5.74) is 9.70. The zero-order chi connectivity index (χ0) is 23.3. The summed E-state index contributed by atoms with van der Waals surface area (Å²) in [6.07, 6.45) is 3.56. The third kappa shape index (κ3) is 5.89. The molecule has 0 atom stereocenters. The summed E-state index contributed by atoms with van der Waals surface area (Å²) >= 11 is 0. The van der Waals surface area contributed by atoms with Gasteiger partial charge in [-0.1, -0.05) is 78.9 Å². The smallest absolute Gasteiger partial charge is 0.418 e. The molecular weight excluding hydrogens is 425 g/mol. The monoisotopic (exact) mass is 449 g/mol. The van der Waals surface area contributed by atoms with Gasteiger partial charge in [-0.25, -0.2) is 0 Å². The second kappa shape index (κ2) is 10.0. The molecule has 0 N–H and O–H groups in total. The average molecular weight is 449 g/mol. The number of aromatic nitrogens is 1. The van der Waals surface area contributed by atoms with Crippen LogP contribution in [0.25, 0.3) is 22.4 Å². The zero-order valence-corrected chi connectivity index (χ0v) is 18.1. The van der Waals surface area contributed by atoms with Crippen LogP contribution in [-0.4, -0.2) is 7.25 Å². The number of benzene rings is 3. The molecule has 1 heterocycles. The van der Waals surface area contributed by atoms with Gasteiger partial charge in [0.05, 0.1) is 0 Å². The lowest BCUT2D eigenvalue weighted by atomic mass is 9.96. The van der Waals surface area contributed by atoms with Crippen LogP contribution in [0.4, 0.5) is 17.3 Å². The van der Waals surface area contributed by atoms with Gasteiger partial charge in [-0.2, -0.15) is 4.57 Å². The van der Waals surface area contributed by atoms with E-state index < -0.39 is 7.25 Å². The standard InChI is InChI=1S/C27H24N.BF4/c1-4-11-21(12-5-1)20-28-26-18-10-17-24(26)25(22-13-6-2-7-14-22)19-27(28)23-15-8-3-9-16-23;2-1(3,4)5/h1-9,11-16,19H,10,17-18,20H2;/q+1;-1. The van der Waals surface area contributed by atoms with E-state index in [4.69, 9.17) is 0 Å². The Hall–Kier alpha value is -3.41. The highest BCUT2D eigenvalue weighted by atomic mass is 19.5. The number of pyridine rings is 1. The van der Waals surface area contributed by atoms with E-state index in [2.05, 4.69) is 102 Å². The molecule has 1 aromatic heterocycles. The summed E-state index contributed by atoms with van der Waals surface area (Å²) in [5, 5.41) is 0. The van der Waals surface area contributed by atoms with E-state index in [1.54, 1.807) is 0 Å². The van der Waals surface area contributed by atoms with E-state index >= 15 is 0 Å². The van der Waals surface area contributed by atoms with Gasteiger partial charge in [0.15, 0.2) is 12.2 Å². The van der Waals surface area contributed by atoms with Crippen molar-refractivity contribution in [3.8, 4) is 22.4 Å². The minimum atomic E-state index is -6.00. The van der Waals surface area contributed by atoms with Gasteiger partial charge in [0, 0.05) is 29.2 Å². The number of rotatable bonds is 4. The van der Waals surface area contributed by atoms with E-state index in [0.717, 1.165) is 13.0 Å². The van der Waals surface area contributed by atoms with Crippen LogP contribution >= 0.6 is 0 Å². The third-order valence-corrected chi connectivity index (χ3v) is 5.75. The van der Waals surface area contributed by atoms with E-state index in [-0.39, 0.29) is 0 Å². The Balaban J connectivity index is 0.000000471. The lowest BCUT2D eigenvalue weighted by Crippen LogP contribution is -2.41. The molecule has 5 rings (SSSR count). The van der Waals surface area contributed by atoms with E-state index in [1.165, 1.54) is 52.0 Å². The largest absolute Gasteiger partial charge is 0.673 e. The number of hydrogen-bond acceptors (Lipinski definition) is 0. The summed E-state index contributed by atoms with van der Waals surface area (Å²) in [5.74, 6) is 0. The molecule has 0 radical (unpaired) electrons. The van der Waals surface area contributed by atoms with Crippen molar-refractivity contribution in [3.63, 3.8) is 0 Å². The highest BCUT2D eigenvalue weighted by Crippen LogP contribution is 2.34. The Morgan fingerprint density at radius 2 is 1.18 bits per heavy atom.